The minimum Gasteiger partial charge on any atom is -0.496 e. The maximum Gasteiger partial charge on any atom is 0.260 e. The summed E-state index contributed by atoms with van der Waals surface area (Å²) in [5.41, 5.74) is 1.83. The van der Waals surface area contributed by atoms with E-state index in [4.69, 9.17) is 4.74 Å². The van der Waals surface area contributed by atoms with Crippen LogP contribution >= 0.6 is 0 Å². The first kappa shape index (κ1) is 19.4. The average Bonchev–Trinajstić information content (AvgIpc) is 3.42. The van der Waals surface area contributed by atoms with Gasteiger partial charge in [0.25, 0.3) is 5.91 Å². The number of benzene rings is 1. The van der Waals surface area contributed by atoms with Gasteiger partial charge in [-0.2, -0.15) is 0 Å². The number of aromatic nitrogens is 2. The van der Waals surface area contributed by atoms with Crippen molar-refractivity contribution in [3.05, 3.63) is 65.6 Å². The zero-order valence-corrected chi connectivity index (χ0v) is 17.1. The predicted octanol–water partition coefficient (Wildman–Crippen LogP) is 3.23. The molecular weight excluding hydrogens is 397 g/mol. The molecule has 0 saturated carbocycles. The van der Waals surface area contributed by atoms with Gasteiger partial charge in [0.2, 0.25) is 0 Å². The van der Waals surface area contributed by atoms with Crippen LogP contribution < -0.4 is 20.3 Å². The Balaban J connectivity index is 1.50. The fourth-order valence-corrected chi connectivity index (χ4v) is 4.17. The van der Waals surface area contributed by atoms with Gasteiger partial charge in [-0.1, -0.05) is 12.1 Å². The van der Waals surface area contributed by atoms with Crippen LogP contribution in [-0.2, 0) is 6.54 Å². The number of carbonyl (C=O) groups is 1. The number of halogens is 1. The highest BCUT2D eigenvalue weighted by Crippen LogP contribution is 2.38. The van der Waals surface area contributed by atoms with E-state index in [-0.39, 0.29) is 18.0 Å². The Bertz CT molecular complexity index is 1150. The van der Waals surface area contributed by atoms with Crippen LogP contribution in [0.2, 0.25) is 0 Å². The molecule has 1 saturated heterocycles. The monoisotopic (exact) mass is 419 g/mol. The SMILES string of the molecule is COc1cccc(F)c1-c1nccc2c1CN(c1cccc(N[C@@H]3CCNC3)n1)C2=O. The Morgan fingerprint density at radius 1 is 1.23 bits per heavy atom. The number of ether oxygens (including phenoxy) is 1. The molecule has 0 unspecified atom stereocenters. The van der Waals surface area contributed by atoms with Gasteiger partial charge in [-0.25, -0.2) is 9.37 Å². The summed E-state index contributed by atoms with van der Waals surface area (Å²) in [6.07, 6.45) is 2.56. The molecule has 158 valence electrons. The Morgan fingerprint density at radius 2 is 2.10 bits per heavy atom. The van der Waals surface area contributed by atoms with Gasteiger partial charge in [-0.15, -0.1) is 0 Å². The van der Waals surface area contributed by atoms with Crippen molar-refractivity contribution in [2.45, 2.75) is 19.0 Å². The Labute approximate surface area is 179 Å². The van der Waals surface area contributed by atoms with Crippen molar-refractivity contribution in [2.75, 3.05) is 30.4 Å². The minimum absolute atomic E-state index is 0.180. The topological polar surface area (TPSA) is 79.4 Å². The molecule has 2 aromatic heterocycles. The van der Waals surface area contributed by atoms with Gasteiger partial charge in [0.1, 0.15) is 23.2 Å². The summed E-state index contributed by atoms with van der Waals surface area (Å²) in [5.74, 6) is 1.02. The second-order valence-electron chi connectivity index (χ2n) is 7.61. The van der Waals surface area contributed by atoms with Gasteiger partial charge in [0, 0.05) is 29.9 Å². The second kappa shape index (κ2) is 7.96. The Kier molecular flexibility index (Phi) is 4.99. The highest BCUT2D eigenvalue weighted by Gasteiger charge is 2.33. The summed E-state index contributed by atoms with van der Waals surface area (Å²) in [4.78, 5) is 23.8. The molecule has 2 aliphatic rings. The van der Waals surface area contributed by atoms with Crippen molar-refractivity contribution >= 4 is 17.5 Å². The molecule has 3 aromatic rings. The van der Waals surface area contributed by atoms with Crippen molar-refractivity contribution in [1.82, 2.24) is 15.3 Å². The molecule has 1 atom stereocenters. The number of fused-ring (bicyclic) bond motifs is 1. The third-order valence-corrected chi connectivity index (χ3v) is 5.70. The number of anilines is 2. The first-order valence-corrected chi connectivity index (χ1v) is 10.2. The Morgan fingerprint density at radius 3 is 2.90 bits per heavy atom. The lowest BCUT2D eigenvalue weighted by atomic mass is 10.0. The number of nitrogens with one attached hydrogen (secondary N) is 2. The highest BCUT2D eigenvalue weighted by molar-refractivity contribution is 6.10. The molecule has 4 heterocycles. The van der Waals surface area contributed by atoms with E-state index in [9.17, 15) is 9.18 Å². The molecule has 2 N–H and O–H groups in total. The number of hydrogen-bond acceptors (Lipinski definition) is 6. The molecule has 0 spiro atoms. The lowest BCUT2D eigenvalue weighted by molar-refractivity contribution is 0.0996. The van der Waals surface area contributed by atoms with Crippen LogP contribution in [-0.4, -0.2) is 42.1 Å². The van der Waals surface area contributed by atoms with Crippen molar-refractivity contribution in [3.63, 3.8) is 0 Å². The number of carbonyl (C=O) groups excluding carboxylic acids is 1. The molecule has 0 radical (unpaired) electrons. The average molecular weight is 419 g/mol. The standard InChI is InChI=1S/C23H22FN5O2/c1-31-18-5-2-4-17(24)21(18)22-16-13-29(23(30)15(16)9-11-26-22)20-7-3-6-19(28-20)27-14-8-10-25-12-14/h2-7,9,11,14,25H,8,10,12-13H2,1H3,(H,27,28)/t14-/m1/s1. The molecular formula is C23H22FN5O2. The van der Waals surface area contributed by atoms with Crippen LogP contribution in [0.15, 0.2) is 48.7 Å². The smallest absolute Gasteiger partial charge is 0.260 e. The van der Waals surface area contributed by atoms with E-state index in [1.165, 1.54) is 19.4 Å². The minimum atomic E-state index is -0.444. The van der Waals surface area contributed by atoms with Gasteiger partial charge in [0.05, 0.1) is 24.9 Å². The van der Waals surface area contributed by atoms with E-state index in [2.05, 4.69) is 20.6 Å². The fourth-order valence-electron chi connectivity index (χ4n) is 4.17. The van der Waals surface area contributed by atoms with E-state index in [0.29, 0.717) is 34.4 Å². The molecule has 5 rings (SSSR count). The molecule has 8 heteroatoms. The first-order valence-electron chi connectivity index (χ1n) is 10.2. The molecule has 0 aliphatic carbocycles. The zero-order chi connectivity index (χ0) is 21.4. The second-order valence-corrected chi connectivity index (χ2v) is 7.61. The van der Waals surface area contributed by atoms with E-state index >= 15 is 0 Å². The normalized spacial score (nSPS) is 17.7. The lowest BCUT2D eigenvalue weighted by Gasteiger charge is -2.18. The van der Waals surface area contributed by atoms with E-state index in [1.54, 1.807) is 29.2 Å². The quantitative estimate of drug-likeness (QED) is 0.661. The zero-order valence-electron chi connectivity index (χ0n) is 17.1. The van der Waals surface area contributed by atoms with Crippen molar-refractivity contribution in [1.29, 1.82) is 0 Å². The highest BCUT2D eigenvalue weighted by atomic mass is 19.1. The lowest BCUT2D eigenvalue weighted by Crippen LogP contribution is -2.26. The van der Waals surface area contributed by atoms with E-state index < -0.39 is 5.82 Å². The third-order valence-electron chi connectivity index (χ3n) is 5.70. The maximum absolute atomic E-state index is 14.7. The van der Waals surface area contributed by atoms with Gasteiger partial charge in [0.15, 0.2) is 0 Å². The number of amides is 1. The van der Waals surface area contributed by atoms with Crippen LogP contribution in [0.5, 0.6) is 5.75 Å². The van der Waals surface area contributed by atoms with Gasteiger partial charge in [-0.05, 0) is 43.3 Å². The van der Waals surface area contributed by atoms with Gasteiger partial charge in [-0.3, -0.25) is 14.7 Å². The summed E-state index contributed by atoms with van der Waals surface area (Å²) in [5, 5.41) is 6.72. The molecule has 7 nitrogen and oxygen atoms in total. The molecule has 31 heavy (non-hydrogen) atoms. The number of pyridine rings is 2. The van der Waals surface area contributed by atoms with Crippen LogP contribution in [0.1, 0.15) is 22.3 Å². The predicted molar refractivity (Wildman–Crippen MR) is 116 cm³/mol. The summed E-state index contributed by atoms with van der Waals surface area (Å²) in [7, 11) is 1.49. The number of nitrogens with zero attached hydrogens (tertiary/aromatic N) is 3. The van der Waals surface area contributed by atoms with Crippen molar-refractivity contribution < 1.29 is 13.9 Å². The fraction of sp³-hybridized carbons (Fsp3) is 0.261. The molecule has 1 fully saturated rings. The number of hydrogen-bond donors (Lipinski definition) is 2. The van der Waals surface area contributed by atoms with Crippen molar-refractivity contribution in [3.8, 4) is 17.0 Å². The molecule has 1 aromatic carbocycles. The maximum atomic E-state index is 14.7. The molecule has 0 bridgehead atoms. The number of rotatable bonds is 5. The van der Waals surface area contributed by atoms with Crippen LogP contribution in [0, 0.1) is 5.82 Å². The van der Waals surface area contributed by atoms with Crippen LogP contribution in [0.3, 0.4) is 0 Å². The van der Waals surface area contributed by atoms with Gasteiger partial charge < -0.3 is 15.4 Å². The largest absolute Gasteiger partial charge is 0.496 e. The van der Waals surface area contributed by atoms with Crippen molar-refractivity contribution in [2.24, 2.45) is 0 Å². The summed E-state index contributed by atoms with van der Waals surface area (Å²) >= 11 is 0. The summed E-state index contributed by atoms with van der Waals surface area (Å²) in [6.45, 7) is 2.13. The Hall–Kier alpha value is -3.52. The van der Waals surface area contributed by atoms with Crippen LogP contribution in [0.25, 0.3) is 11.3 Å². The molecule has 2 aliphatic heterocycles. The number of methoxy groups -OCH3 is 1. The van der Waals surface area contributed by atoms with E-state index in [1.807, 2.05) is 12.1 Å². The summed E-state index contributed by atoms with van der Waals surface area (Å²) < 4.78 is 20.1. The van der Waals surface area contributed by atoms with E-state index in [0.717, 1.165) is 25.3 Å². The summed E-state index contributed by atoms with van der Waals surface area (Å²) in [6, 6.07) is 12.2. The van der Waals surface area contributed by atoms with Crippen LogP contribution in [0.4, 0.5) is 16.0 Å². The first-order chi connectivity index (χ1) is 15.2. The van der Waals surface area contributed by atoms with Gasteiger partial charge >= 0.3 is 0 Å². The molecule has 1 amide bonds. The third kappa shape index (κ3) is 3.48.